The van der Waals surface area contributed by atoms with E-state index in [2.05, 4.69) is 20.0 Å². The van der Waals surface area contributed by atoms with Gasteiger partial charge in [-0.25, -0.2) is 9.78 Å². The number of aromatic nitrogens is 2. The van der Waals surface area contributed by atoms with Crippen LogP contribution in [0, 0.1) is 0 Å². The third kappa shape index (κ3) is 3.56. The van der Waals surface area contributed by atoms with Gasteiger partial charge in [-0.3, -0.25) is 0 Å². The summed E-state index contributed by atoms with van der Waals surface area (Å²) in [6, 6.07) is -0.0935. The molecule has 2 amide bonds. The summed E-state index contributed by atoms with van der Waals surface area (Å²) in [4.78, 5) is 16.5. The normalized spacial score (nSPS) is 9.57. The van der Waals surface area contributed by atoms with Gasteiger partial charge in [-0.2, -0.15) is 4.37 Å². The minimum absolute atomic E-state index is 0.0935. The minimum Gasteiger partial charge on any atom is -0.359 e. The van der Waals surface area contributed by atoms with Crippen LogP contribution in [0.15, 0.2) is 6.33 Å². The van der Waals surface area contributed by atoms with Crippen LogP contribution in [0.2, 0.25) is 0 Å². The van der Waals surface area contributed by atoms with E-state index in [4.69, 9.17) is 0 Å². The zero-order valence-corrected chi connectivity index (χ0v) is 8.97. The molecule has 2 N–H and O–H groups in total. The largest absolute Gasteiger partial charge is 0.359 e. The molecule has 0 radical (unpaired) electrons. The van der Waals surface area contributed by atoms with Gasteiger partial charge in [0.05, 0.1) is 0 Å². The molecule has 7 heteroatoms. The molecule has 0 saturated heterocycles. The van der Waals surface area contributed by atoms with E-state index in [1.807, 2.05) is 0 Å². The average Bonchev–Trinajstić information content (AvgIpc) is 2.64. The molecule has 78 valence electrons. The van der Waals surface area contributed by atoms with Crippen LogP contribution in [0.3, 0.4) is 0 Å². The Kier molecular flexibility index (Phi) is 4.11. The second-order valence-electron chi connectivity index (χ2n) is 2.80. The van der Waals surface area contributed by atoms with Crippen LogP contribution in [-0.2, 0) is 0 Å². The molecule has 1 aromatic rings. The first-order valence-electron chi connectivity index (χ1n) is 4.16. The number of nitrogens with one attached hydrogen (secondary N) is 2. The highest BCUT2D eigenvalue weighted by Crippen LogP contribution is 2.04. The maximum Gasteiger partial charge on any atom is 0.316 e. The molecule has 1 aromatic heterocycles. The SMILES string of the molecule is CN(C)C(=O)NCCNc1ncns1. The van der Waals surface area contributed by atoms with Gasteiger partial charge < -0.3 is 15.5 Å². The number of rotatable bonds is 4. The van der Waals surface area contributed by atoms with Crippen molar-refractivity contribution in [2.24, 2.45) is 0 Å². The van der Waals surface area contributed by atoms with Crippen molar-refractivity contribution in [3.8, 4) is 0 Å². The average molecular weight is 215 g/mol. The predicted molar refractivity (Wildman–Crippen MR) is 55.5 cm³/mol. The summed E-state index contributed by atoms with van der Waals surface area (Å²) < 4.78 is 3.84. The van der Waals surface area contributed by atoms with Crippen molar-refractivity contribution in [1.29, 1.82) is 0 Å². The van der Waals surface area contributed by atoms with E-state index in [1.165, 1.54) is 22.8 Å². The summed E-state index contributed by atoms with van der Waals surface area (Å²) in [5.41, 5.74) is 0. The third-order valence-corrected chi connectivity index (χ3v) is 2.07. The van der Waals surface area contributed by atoms with E-state index in [1.54, 1.807) is 14.1 Å². The first-order valence-corrected chi connectivity index (χ1v) is 4.93. The van der Waals surface area contributed by atoms with Crippen molar-refractivity contribution >= 4 is 22.7 Å². The highest BCUT2D eigenvalue weighted by Gasteiger charge is 2.00. The van der Waals surface area contributed by atoms with Crippen LogP contribution < -0.4 is 10.6 Å². The van der Waals surface area contributed by atoms with Gasteiger partial charge in [0.1, 0.15) is 6.33 Å². The monoisotopic (exact) mass is 215 g/mol. The second kappa shape index (κ2) is 5.38. The summed E-state index contributed by atoms with van der Waals surface area (Å²) in [6.45, 7) is 1.21. The number of anilines is 1. The van der Waals surface area contributed by atoms with Crippen molar-refractivity contribution in [1.82, 2.24) is 19.6 Å². The summed E-state index contributed by atoms with van der Waals surface area (Å²) in [5.74, 6) is 0. The summed E-state index contributed by atoms with van der Waals surface area (Å²) >= 11 is 1.29. The highest BCUT2D eigenvalue weighted by atomic mass is 32.1. The fourth-order valence-corrected chi connectivity index (χ4v) is 1.20. The van der Waals surface area contributed by atoms with Gasteiger partial charge in [0, 0.05) is 38.7 Å². The van der Waals surface area contributed by atoms with Gasteiger partial charge in [0.25, 0.3) is 0 Å². The zero-order valence-electron chi connectivity index (χ0n) is 8.15. The topological polar surface area (TPSA) is 70.2 Å². The summed E-state index contributed by atoms with van der Waals surface area (Å²) in [5, 5.41) is 6.52. The standard InChI is InChI=1S/C7H13N5OS/c1-12(2)7(13)9-4-3-8-6-10-5-11-14-6/h5H,3-4H2,1-2H3,(H,9,13)(H,8,10,11). The molecule has 0 bridgehead atoms. The number of nitrogens with zero attached hydrogens (tertiary/aromatic N) is 3. The number of hydrogen-bond donors (Lipinski definition) is 2. The quantitative estimate of drug-likeness (QED) is 0.705. The maximum atomic E-state index is 11.1. The van der Waals surface area contributed by atoms with Crippen molar-refractivity contribution in [3.63, 3.8) is 0 Å². The molecule has 0 spiro atoms. The van der Waals surface area contributed by atoms with Crippen LogP contribution in [0.25, 0.3) is 0 Å². The molecular weight excluding hydrogens is 202 g/mol. The lowest BCUT2D eigenvalue weighted by Gasteiger charge is -2.11. The molecule has 0 unspecified atom stereocenters. The van der Waals surface area contributed by atoms with Crippen molar-refractivity contribution in [3.05, 3.63) is 6.33 Å². The minimum atomic E-state index is -0.0935. The number of carbonyl (C=O) groups excluding carboxylic acids is 1. The first kappa shape index (κ1) is 10.7. The molecule has 0 atom stereocenters. The van der Waals surface area contributed by atoms with E-state index in [9.17, 15) is 4.79 Å². The highest BCUT2D eigenvalue weighted by molar-refractivity contribution is 7.09. The van der Waals surface area contributed by atoms with Gasteiger partial charge in [0.2, 0.25) is 5.13 Å². The van der Waals surface area contributed by atoms with Crippen LogP contribution in [0.4, 0.5) is 9.93 Å². The molecule has 14 heavy (non-hydrogen) atoms. The molecule has 0 saturated carbocycles. The molecule has 0 aliphatic heterocycles. The number of urea groups is 1. The van der Waals surface area contributed by atoms with Crippen molar-refractivity contribution in [2.75, 3.05) is 32.5 Å². The molecule has 0 aliphatic carbocycles. The Labute approximate surface area is 86.5 Å². The molecular formula is C7H13N5OS. The van der Waals surface area contributed by atoms with E-state index >= 15 is 0 Å². The Hall–Kier alpha value is -1.37. The third-order valence-electron chi connectivity index (χ3n) is 1.44. The molecule has 6 nitrogen and oxygen atoms in total. The Morgan fingerprint density at radius 2 is 2.36 bits per heavy atom. The lowest BCUT2D eigenvalue weighted by molar-refractivity contribution is 0.218. The maximum absolute atomic E-state index is 11.1. The smallest absolute Gasteiger partial charge is 0.316 e. The predicted octanol–water partition coefficient (Wildman–Crippen LogP) is 0.221. The summed E-state index contributed by atoms with van der Waals surface area (Å²) in [7, 11) is 3.40. The number of carbonyl (C=O) groups is 1. The van der Waals surface area contributed by atoms with Gasteiger partial charge in [-0.05, 0) is 0 Å². The number of amides is 2. The molecule has 0 aliphatic rings. The number of hydrogen-bond acceptors (Lipinski definition) is 5. The lowest BCUT2D eigenvalue weighted by atomic mass is 10.6. The zero-order chi connectivity index (χ0) is 10.4. The van der Waals surface area contributed by atoms with Crippen LogP contribution in [0.1, 0.15) is 0 Å². The first-order chi connectivity index (χ1) is 6.70. The fraction of sp³-hybridized carbons (Fsp3) is 0.571. The van der Waals surface area contributed by atoms with Gasteiger partial charge in [0.15, 0.2) is 0 Å². The van der Waals surface area contributed by atoms with Gasteiger partial charge in [-0.15, -0.1) is 0 Å². The Balaban J connectivity index is 2.08. The van der Waals surface area contributed by atoms with E-state index in [0.717, 1.165) is 5.13 Å². The van der Waals surface area contributed by atoms with E-state index in [-0.39, 0.29) is 6.03 Å². The van der Waals surface area contributed by atoms with Crippen LogP contribution in [-0.4, -0.2) is 47.5 Å². The molecule has 1 heterocycles. The molecule has 0 fully saturated rings. The van der Waals surface area contributed by atoms with Crippen LogP contribution >= 0.6 is 11.5 Å². The van der Waals surface area contributed by atoms with Crippen LogP contribution in [0.5, 0.6) is 0 Å². The summed E-state index contributed by atoms with van der Waals surface area (Å²) in [6.07, 6.45) is 1.49. The van der Waals surface area contributed by atoms with Crippen molar-refractivity contribution in [2.45, 2.75) is 0 Å². The second-order valence-corrected chi connectivity index (χ2v) is 3.58. The molecule has 0 aromatic carbocycles. The Bertz CT molecular complexity index is 274. The Morgan fingerprint density at radius 3 is 2.93 bits per heavy atom. The lowest BCUT2D eigenvalue weighted by Crippen LogP contribution is -2.37. The van der Waals surface area contributed by atoms with E-state index < -0.39 is 0 Å². The van der Waals surface area contributed by atoms with E-state index in [0.29, 0.717) is 13.1 Å². The Morgan fingerprint density at radius 1 is 1.57 bits per heavy atom. The van der Waals surface area contributed by atoms with Gasteiger partial charge >= 0.3 is 6.03 Å². The van der Waals surface area contributed by atoms with Gasteiger partial charge in [-0.1, -0.05) is 0 Å². The molecule has 1 rings (SSSR count). The fourth-order valence-electron chi connectivity index (χ4n) is 0.748. The van der Waals surface area contributed by atoms with Crippen molar-refractivity contribution < 1.29 is 4.79 Å².